The maximum Gasteiger partial charge on any atom is 0.347 e. The molecule has 9 heteroatoms. The number of hydrogen-bond acceptors (Lipinski definition) is 9. The molecule has 8 rings (SSSR count). The van der Waals surface area contributed by atoms with E-state index in [1.165, 1.54) is 23.4 Å². The fourth-order valence-corrected chi connectivity index (χ4v) is 9.42. The van der Waals surface area contributed by atoms with Gasteiger partial charge in [0.05, 0.1) is 19.8 Å². The van der Waals surface area contributed by atoms with Gasteiger partial charge >= 0.3 is 11.3 Å². The van der Waals surface area contributed by atoms with Gasteiger partial charge in [0, 0.05) is 63.7 Å². The van der Waals surface area contributed by atoms with Crippen molar-refractivity contribution < 1.29 is 23.1 Å². The number of nitrogens with zero attached hydrogens (tertiary/aromatic N) is 2. The zero-order chi connectivity index (χ0) is 40.8. The number of carbonyl (C=O) groups excluding carboxylic acids is 1. The summed E-state index contributed by atoms with van der Waals surface area (Å²) in [4.78, 5) is 45.5. The molecule has 2 aliphatic heterocycles. The summed E-state index contributed by atoms with van der Waals surface area (Å²) in [5.41, 5.74) is 5.85. The number of ketones is 1. The Bertz CT molecular complexity index is 2620. The Morgan fingerprint density at radius 2 is 1.29 bits per heavy atom. The fraction of sp³-hybridized carbons (Fsp3) is 0.327. The van der Waals surface area contributed by atoms with Gasteiger partial charge in [-0.3, -0.25) is 4.79 Å². The quantitative estimate of drug-likeness (QED) is 0.0682. The Balaban J connectivity index is 1.15. The van der Waals surface area contributed by atoms with Crippen LogP contribution in [0.15, 0.2) is 109 Å². The molecule has 298 valence electrons. The molecule has 0 saturated heterocycles. The molecule has 0 atom stereocenters. The average molecular weight is 779 g/mol. The summed E-state index contributed by atoms with van der Waals surface area (Å²) < 4.78 is 22.8. The highest BCUT2D eigenvalue weighted by atomic mass is 16.5. The minimum Gasteiger partial charge on any atom is -0.497 e. The van der Waals surface area contributed by atoms with E-state index >= 15 is 0 Å². The minimum atomic E-state index is -0.680. The zero-order valence-electron chi connectivity index (χ0n) is 34.1. The lowest BCUT2D eigenvalue weighted by atomic mass is 9.63. The third kappa shape index (κ3) is 6.46. The number of rotatable bonds is 12. The maximum absolute atomic E-state index is 13.8. The van der Waals surface area contributed by atoms with Gasteiger partial charge in [0.1, 0.15) is 28.2 Å². The van der Waals surface area contributed by atoms with Crippen molar-refractivity contribution in [1.82, 2.24) is 0 Å². The number of ether oxygens (including phenoxy) is 2. The summed E-state index contributed by atoms with van der Waals surface area (Å²) in [5.74, 6) is 0.920. The lowest BCUT2D eigenvalue weighted by Crippen LogP contribution is -2.47. The second-order valence-electron chi connectivity index (χ2n) is 15.6. The molecule has 6 aromatic rings. The van der Waals surface area contributed by atoms with Crippen LogP contribution in [0, 0.1) is 0 Å². The molecule has 0 spiro atoms. The van der Waals surface area contributed by atoms with Crippen molar-refractivity contribution in [1.29, 1.82) is 0 Å². The van der Waals surface area contributed by atoms with Gasteiger partial charge in [-0.05, 0) is 141 Å². The standard InChI is InChI=1S/C49H50N2O7/c1-7-48(8-2)23-25-50-26-24-49(9-3,10-4)43-44(50)40(48)29-33-28-39(47(54)58-45(33)43)41(52)22-12-32-27-31-11-13-36(30-42(31)57-46(32)53)51(34-14-18-37(55-5)19-15-34)35-16-20-38(56-6)21-17-35/h11-22,27-30H,7-10,23-26H2,1-6H3/b22-12+. The predicted octanol–water partition coefficient (Wildman–Crippen LogP) is 11.0. The zero-order valence-corrected chi connectivity index (χ0v) is 34.1. The van der Waals surface area contributed by atoms with Crippen LogP contribution in [0.4, 0.5) is 22.7 Å². The summed E-state index contributed by atoms with van der Waals surface area (Å²) >= 11 is 0. The third-order valence-electron chi connectivity index (χ3n) is 13.2. The highest BCUT2D eigenvalue weighted by molar-refractivity contribution is 6.08. The molecule has 0 fully saturated rings. The molecule has 0 radical (unpaired) electrons. The molecule has 58 heavy (non-hydrogen) atoms. The van der Waals surface area contributed by atoms with Crippen LogP contribution in [0.2, 0.25) is 0 Å². The lowest BCUT2D eigenvalue weighted by molar-refractivity contribution is 0.104. The number of carbonyl (C=O) groups is 1. The van der Waals surface area contributed by atoms with E-state index in [4.69, 9.17) is 18.3 Å². The highest BCUT2D eigenvalue weighted by Crippen LogP contribution is 2.55. The normalized spacial score (nSPS) is 15.4. The largest absolute Gasteiger partial charge is 0.497 e. The fourth-order valence-electron chi connectivity index (χ4n) is 9.42. The first-order valence-corrected chi connectivity index (χ1v) is 20.4. The SMILES string of the molecule is CCC1(CC)CCN2CCC(CC)(CC)c3c2c1cc1cc(C(=O)/C=C/c2cc4ccc(N(c5ccc(OC)cc5)c5ccc(OC)cc5)cc4oc2=O)c(=O)oc31. The Morgan fingerprint density at radius 1 is 0.707 bits per heavy atom. The van der Waals surface area contributed by atoms with Gasteiger partial charge in [-0.15, -0.1) is 0 Å². The molecule has 2 aromatic heterocycles. The van der Waals surface area contributed by atoms with E-state index in [9.17, 15) is 14.4 Å². The number of fused-ring (bicyclic) bond motifs is 3. The van der Waals surface area contributed by atoms with Crippen molar-refractivity contribution in [2.75, 3.05) is 37.1 Å². The Hall–Kier alpha value is -6.09. The first-order chi connectivity index (χ1) is 28.1. The Labute approximate surface area is 338 Å². The van der Waals surface area contributed by atoms with Gasteiger partial charge in [-0.2, -0.15) is 0 Å². The smallest absolute Gasteiger partial charge is 0.347 e. The van der Waals surface area contributed by atoms with Crippen LogP contribution < -0.4 is 30.5 Å². The number of benzene rings is 4. The molecule has 2 aliphatic rings. The van der Waals surface area contributed by atoms with E-state index in [2.05, 4.69) is 38.7 Å². The molecule has 0 bridgehead atoms. The van der Waals surface area contributed by atoms with Crippen LogP contribution in [0.5, 0.6) is 11.5 Å². The van der Waals surface area contributed by atoms with Gasteiger partial charge < -0.3 is 28.1 Å². The third-order valence-corrected chi connectivity index (χ3v) is 13.2. The van der Waals surface area contributed by atoms with Crippen molar-refractivity contribution in [3.8, 4) is 11.5 Å². The van der Waals surface area contributed by atoms with Gasteiger partial charge in [0.25, 0.3) is 0 Å². The van der Waals surface area contributed by atoms with Gasteiger partial charge in [-0.1, -0.05) is 27.7 Å². The van der Waals surface area contributed by atoms with E-state index in [1.807, 2.05) is 71.6 Å². The predicted molar refractivity (Wildman–Crippen MR) is 232 cm³/mol. The van der Waals surface area contributed by atoms with Crippen LogP contribution in [-0.4, -0.2) is 33.1 Å². The topological polar surface area (TPSA) is 102 Å². The van der Waals surface area contributed by atoms with Crippen molar-refractivity contribution in [3.63, 3.8) is 0 Å². The van der Waals surface area contributed by atoms with Gasteiger partial charge in [-0.25, -0.2) is 9.59 Å². The first-order valence-electron chi connectivity index (χ1n) is 20.4. The van der Waals surface area contributed by atoms with Crippen LogP contribution in [-0.2, 0) is 10.8 Å². The monoisotopic (exact) mass is 778 g/mol. The van der Waals surface area contributed by atoms with Gasteiger partial charge in [0.2, 0.25) is 0 Å². The molecule has 0 aliphatic carbocycles. The number of anilines is 4. The molecule has 0 amide bonds. The lowest BCUT2D eigenvalue weighted by Gasteiger charge is -2.51. The molecule has 4 heterocycles. The maximum atomic E-state index is 13.8. The van der Waals surface area contributed by atoms with Crippen LogP contribution in [0.25, 0.3) is 28.0 Å². The van der Waals surface area contributed by atoms with E-state index in [-0.39, 0.29) is 22.0 Å². The van der Waals surface area contributed by atoms with E-state index in [1.54, 1.807) is 26.4 Å². The molecule has 0 unspecified atom stereocenters. The van der Waals surface area contributed by atoms with Crippen LogP contribution in [0.3, 0.4) is 0 Å². The molecule has 0 saturated carbocycles. The van der Waals surface area contributed by atoms with Crippen LogP contribution >= 0.6 is 0 Å². The summed E-state index contributed by atoms with van der Waals surface area (Å²) in [6.45, 7) is 10.9. The summed E-state index contributed by atoms with van der Waals surface area (Å²) in [6.07, 6.45) is 8.60. The minimum absolute atomic E-state index is 0.00801. The Morgan fingerprint density at radius 3 is 1.88 bits per heavy atom. The first kappa shape index (κ1) is 38.8. The summed E-state index contributed by atoms with van der Waals surface area (Å²) in [6, 6.07) is 26.6. The second kappa shape index (κ2) is 15.3. The van der Waals surface area contributed by atoms with Crippen molar-refractivity contribution in [2.24, 2.45) is 0 Å². The van der Waals surface area contributed by atoms with E-state index in [0.717, 1.165) is 91.1 Å². The number of methoxy groups -OCH3 is 2. The molecule has 9 nitrogen and oxygen atoms in total. The van der Waals surface area contributed by atoms with Crippen molar-refractivity contribution in [3.05, 3.63) is 134 Å². The highest BCUT2D eigenvalue weighted by Gasteiger charge is 2.46. The number of allylic oxidation sites excluding steroid dienone is 1. The van der Waals surface area contributed by atoms with Crippen molar-refractivity contribution in [2.45, 2.75) is 77.0 Å². The van der Waals surface area contributed by atoms with Crippen molar-refractivity contribution >= 4 is 56.5 Å². The van der Waals surface area contributed by atoms with E-state index < -0.39 is 17.0 Å². The second-order valence-corrected chi connectivity index (χ2v) is 15.6. The Kier molecular flexibility index (Phi) is 10.3. The van der Waals surface area contributed by atoms with Gasteiger partial charge in [0.15, 0.2) is 5.78 Å². The van der Waals surface area contributed by atoms with Crippen LogP contribution in [0.1, 0.15) is 93.3 Å². The van der Waals surface area contributed by atoms with E-state index in [0.29, 0.717) is 16.6 Å². The molecule has 4 aromatic carbocycles. The molecular formula is C49H50N2O7. The summed E-state index contributed by atoms with van der Waals surface area (Å²) in [5, 5.41) is 1.44. The average Bonchev–Trinajstić information content (AvgIpc) is 3.26. The summed E-state index contributed by atoms with van der Waals surface area (Å²) in [7, 11) is 3.25. The molecule has 0 N–H and O–H groups in total. The number of hydrogen-bond donors (Lipinski definition) is 0. The molecular weight excluding hydrogens is 729 g/mol.